The normalized spacial score (nSPS) is 24.2. The van der Waals surface area contributed by atoms with E-state index in [0.717, 1.165) is 19.3 Å². The van der Waals surface area contributed by atoms with Crippen LogP contribution in [0.25, 0.3) is 0 Å². The molecule has 0 N–H and O–H groups in total. The Hall–Kier alpha value is -0.0800. The zero-order chi connectivity index (χ0) is 9.03. The van der Waals surface area contributed by atoms with Crippen molar-refractivity contribution in [3.8, 4) is 0 Å². The Morgan fingerprint density at radius 3 is 2.50 bits per heavy atom. The molecule has 1 unspecified atom stereocenters. The summed E-state index contributed by atoms with van der Waals surface area (Å²) >= 11 is 0. The van der Waals surface area contributed by atoms with E-state index >= 15 is 0 Å². The van der Waals surface area contributed by atoms with E-state index in [-0.39, 0.29) is 0 Å². The summed E-state index contributed by atoms with van der Waals surface area (Å²) in [5.74, 6) is -0.500. The largest absolute Gasteiger partial charge is 0.347 e. The Morgan fingerprint density at radius 2 is 2.00 bits per heavy atom. The van der Waals surface area contributed by atoms with Crippen LogP contribution in [0, 0.1) is 5.92 Å². The molecule has 0 spiro atoms. The van der Waals surface area contributed by atoms with E-state index in [1.807, 2.05) is 0 Å². The van der Waals surface area contributed by atoms with E-state index in [1.54, 1.807) is 0 Å². The SMILES string of the molecule is CCC(C)COC1([O])CCCC1. The van der Waals surface area contributed by atoms with Gasteiger partial charge >= 0.3 is 0 Å². The quantitative estimate of drug-likeness (QED) is 0.598. The minimum absolute atomic E-state index is 0.524. The highest BCUT2D eigenvalue weighted by atomic mass is 16.6. The summed E-state index contributed by atoms with van der Waals surface area (Å²) in [7, 11) is 0. The van der Waals surface area contributed by atoms with E-state index < -0.39 is 5.79 Å². The second-order valence-electron chi connectivity index (χ2n) is 3.94. The molecular formula is C10H19O2. The third kappa shape index (κ3) is 2.76. The van der Waals surface area contributed by atoms with Gasteiger partial charge in [-0.3, -0.25) is 0 Å². The van der Waals surface area contributed by atoms with E-state index in [2.05, 4.69) is 13.8 Å². The van der Waals surface area contributed by atoms with Gasteiger partial charge in [-0.25, -0.2) is 0 Å². The first-order valence-electron chi connectivity index (χ1n) is 5.00. The molecule has 0 saturated heterocycles. The Bertz CT molecular complexity index is 128. The predicted molar refractivity (Wildman–Crippen MR) is 47.3 cm³/mol. The van der Waals surface area contributed by atoms with Crippen LogP contribution < -0.4 is 0 Å². The summed E-state index contributed by atoms with van der Waals surface area (Å²) in [6.45, 7) is 4.89. The molecule has 0 aromatic rings. The second-order valence-corrected chi connectivity index (χ2v) is 3.94. The molecule has 0 bridgehead atoms. The van der Waals surface area contributed by atoms with Crippen LogP contribution in [-0.2, 0) is 9.84 Å². The van der Waals surface area contributed by atoms with Gasteiger partial charge in [-0.05, 0) is 18.8 Å². The molecule has 1 aliphatic carbocycles. The van der Waals surface area contributed by atoms with Crippen molar-refractivity contribution in [2.75, 3.05) is 6.61 Å². The van der Waals surface area contributed by atoms with Crippen LogP contribution in [0.4, 0.5) is 0 Å². The maximum absolute atomic E-state index is 11.7. The fraction of sp³-hybridized carbons (Fsp3) is 1.00. The van der Waals surface area contributed by atoms with E-state index in [1.165, 1.54) is 0 Å². The lowest BCUT2D eigenvalue weighted by Crippen LogP contribution is -2.28. The third-order valence-corrected chi connectivity index (χ3v) is 2.69. The maximum Gasteiger partial charge on any atom is 0.201 e. The van der Waals surface area contributed by atoms with Crippen LogP contribution in [0.15, 0.2) is 0 Å². The molecule has 1 atom stereocenters. The minimum Gasteiger partial charge on any atom is -0.347 e. The Labute approximate surface area is 74.9 Å². The van der Waals surface area contributed by atoms with Gasteiger partial charge in [-0.15, -0.1) is 0 Å². The first kappa shape index (κ1) is 10.0. The van der Waals surface area contributed by atoms with Gasteiger partial charge in [0.25, 0.3) is 0 Å². The van der Waals surface area contributed by atoms with Crippen molar-refractivity contribution in [2.24, 2.45) is 5.92 Å². The van der Waals surface area contributed by atoms with Crippen LogP contribution in [0.5, 0.6) is 0 Å². The van der Waals surface area contributed by atoms with Crippen molar-refractivity contribution >= 4 is 0 Å². The van der Waals surface area contributed by atoms with E-state index in [9.17, 15) is 5.11 Å². The number of hydrogen-bond acceptors (Lipinski definition) is 1. The topological polar surface area (TPSA) is 29.1 Å². The number of ether oxygens (including phenoxy) is 1. The Kier molecular flexibility index (Phi) is 3.53. The van der Waals surface area contributed by atoms with Crippen LogP contribution in [0.3, 0.4) is 0 Å². The van der Waals surface area contributed by atoms with E-state index in [0.29, 0.717) is 25.4 Å². The standard InChI is InChI=1S/C10H19O2/c1-3-9(2)8-12-10(11)6-4-5-7-10/h9H,3-8H2,1-2H3. The fourth-order valence-electron chi connectivity index (χ4n) is 1.47. The summed E-state index contributed by atoms with van der Waals surface area (Å²) in [5.41, 5.74) is 0. The Balaban J connectivity index is 2.21. The first-order valence-corrected chi connectivity index (χ1v) is 5.00. The molecule has 1 fully saturated rings. The molecule has 0 aromatic heterocycles. The highest BCUT2D eigenvalue weighted by Crippen LogP contribution is 2.31. The van der Waals surface area contributed by atoms with Crippen LogP contribution in [-0.4, -0.2) is 12.4 Å². The van der Waals surface area contributed by atoms with Gasteiger partial charge in [0.15, 0.2) is 0 Å². The number of hydrogen-bond donors (Lipinski definition) is 0. The summed E-state index contributed by atoms with van der Waals surface area (Å²) in [4.78, 5) is 0. The van der Waals surface area contributed by atoms with Crippen LogP contribution in [0.1, 0.15) is 46.0 Å². The predicted octanol–water partition coefficient (Wildman–Crippen LogP) is 2.75. The average molecular weight is 171 g/mol. The van der Waals surface area contributed by atoms with Gasteiger partial charge in [-0.2, -0.15) is 5.11 Å². The zero-order valence-electron chi connectivity index (χ0n) is 8.14. The summed E-state index contributed by atoms with van der Waals surface area (Å²) < 4.78 is 5.39. The second kappa shape index (κ2) is 4.24. The molecule has 71 valence electrons. The lowest BCUT2D eigenvalue weighted by molar-refractivity contribution is -0.240. The summed E-state index contributed by atoms with van der Waals surface area (Å²) in [5, 5.41) is 11.7. The summed E-state index contributed by atoms with van der Waals surface area (Å²) in [6.07, 6.45) is 4.61. The monoisotopic (exact) mass is 171 g/mol. The average Bonchev–Trinajstić information content (AvgIpc) is 2.49. The van der Waals surface area contributed by atoms with Crippen LogP contribution in [0.2, 0.25) is 0 Å². The number of rotatable bonds is 4. The lowest BCUT2D eigenvalue weighted by atomic mass is 10.1. The molecule has 0 aromatic carbocycles. The smallest absolute Gasteiger partial charge is 0.201 e. The van der Waals surface area contributed by atoms with Gasteiger partial charge < -0.3 is 4.74 Å². The molecule has 2 nitrogen and oxygen atoms in total. The third-order valence-electron chi connectivity index (χ3n) is 2.69. The zero-order valence-corrected chi connectivity index (χ0v) is 8.14. The van der Waals surface area contributed by atoms with Crippen LogP contribution >= 0.6 is 0 Å². The van der Waals surface area contributed by atoms with E-state index in [4.69, 9.17) is 4.74 Å². The fourth-order valence-corrected chi connectivity index (χ4v) is 1.47. The first-order chi connectivity index (χ1) is 5.66. The van der Waals surface area contributed by atoms with Gasteiger partial charge in [0.05, 0.1) is 6.61 Å². The Morgan fingerprint density at radius 1 is 1.42 bits per heavy atom. The van der Waals surface area contributed by atoms with Crippen molar-refractivity contribution in [3.05, 3.63) is 0 Å². The van der Waals surface area contributed by atoms with Crippen molar-refractivity contribution < 1.29 is 9.84 Å². The van der Waals surface area contributed by atoms with Gasteiger partial charge in [0.1, 0.15) is 0 Å². The molecule has 1 aliphatic rings. The van der Waals surface area contributed by atoms with Gasteiger partial charge in [-0.1, -0.05) is 20.3 Å². The molecule has 2 heteroatoms. The molecule has 1 saturated carbocycles. The van der Waals surface area contributed by atoms with Crippen molar-refractivity contribution in [2.45, 2.75) is 51.7 Å². The highest BCUT2D eigenvalue weighted by Gasteiger charge is 2.34. The molecule has 1 radical (unpaired) electrons. The molecule has 1 rings (SSSR count). The molecule has 0 amide bonds. The lowest BCUT2D eigenvalue weighted by Gasteiger charge is -2.21. The van der Waals surface area contributed by atoms with Crippen molar-refractivity contribution in [1.29, 1.82) is 0 Å². The van der Waals surface area contributed by atoms with Crippen molar-refractivity contribution in [1.82, 2.24) is 0 Å². The van der Waals surface area contributed by atoms with Gasteiger partial charge in [0, 0.05) is 12.8 Å². The van der Waals surface area contributed by atoms with Gasteiger partial charge in [0.2, 0.25) is 5.79 Å². The van der Waals surface area contributed by atoms with Crippen molar-refractivity contribution in [3.63, 3.8) is 0 Å². The maximum atomic E-state index is 11.7. The molecule has 0 aliphatic heterocycles. The summed E-state index contributed by atoms with van der Waals surface area (Å²) in [6, 6.07) is 0. The molecular weight excluding hydrogens is 152 g/mol. The molecule has 12 heavy (non-hydrogen) atoms. The highest BCUT2D eigenvalue weighted by molar-refractivity contribution is 4.74. The molecule has 0 heterocycles. The minimum atomic E-state index is -1.02.